The van der Waals surface area contributed by atoms with Gasteiger partial charge in [0.1, 0.15) is 24.6 Å². The normalized spacial score (nSPS) is 16.8. The van der Waals surface area contributed by atoms with Crippen LogP contribution in [0.4, 0.5) is 0 Å². The molecule has 0 saturated heterocycles. The second-order valence-corrected chi connectivity index (χ2v) is 8.39. The fraction of sp³-hybridized carbons (Fsp3) is 0.950. The second kappa shape index (κ2) is 17.3. The number of nitro groups is 3. The molecule has 0 aromatic heterocycles. The van der Waals surface area contributed by atoms with Gasteiger partial charge >= 0.3 is 0 Å². The van der Waals surface area contributed by atoms with Crippen LogP contribution in [0.25, 0.3) is 0 Å². The maximum absolute atomic E-state index is 11.5. The Morgan fingerprint density at radius 3 is 1.61 bits per heavy atom. The molecule has 33 heavy (non-hydrogen) atoms. The average Bonchev–Trinajstić information content (AvgIpc) is 2.74. The molecule has 0 bridgehead atoms. The van der Waals surface area contributed by atoms with Crippen LogP contribution in [0, 0.1) is 30.3 Å². The lowest BCUT2D eigenvalue weighted by atomic mass is 9.91. The Labute approximate surface area is 192 Å². The topological polar surface area (TPSA) is 207 Å². The summed E-state index contributed by atoms with van der Waals surface area (Å²) in [6.45, 7) is 2.06. The van der Waals surface area contributed by atoms with Gasteiger partial charge in [-0.05, 0) is 19.3 Å². The predicted molar refractivity (Wildman–Crippen MR) is 118 cm³/mol. The van der Waals surface area contributed by atoms with E-state index in [4.69, 9.17) is 0 Å². The fourth-order valence-electron chi connectivity index (χ4n) is 3.75. The average molecular weight is 480 g/mol. The van der Waals surface area contributed by atoms with Gasteiger partial charge in [0, 0.05) is 27.6 Å². The zero-order valence-corrected chi connectivity index (χ0v) is 19.1. The molecule has 0 saturated carbocycles. The predicted octanol–water partition coefficient (Wildman–Crippen LogP) is 1.90. The van der Waals surface area contributed by atoms with Crippen LogP contribution in [-0.2, 0) is 4.79 Å². The molecule has 13 heteroatoms. The number of aliphatic hydroxyl groups is 3. The molecule has 6 unspecified atom stereocenters. The summed E-state index contributed by atoms with van der Waals surface area (Å²) in [6, 6.07) is -5.05. The van der Waals surface area contributed by atoms with Crippen molar-refractivity contribution in [3.05, 3.63) is 30.3 Å². The summed E-state index contributed by atoms with van der Waals surface area (Å²) in [5.41, 5.74) is 0. The summed E-state index contributed by atoms with van der Waals surface area (Å²) < 4.78 is 0. The van der Waals surface area contributed by atoms with Gasteiger partial charge in [-0.2, -0.15) is 0 Å². The molecule has 0 aromatic carbocycles. The van der Waals surface area contributed by atoms with Crippen molar-refractivity contribution in [2.24, 2.45) is 0 Å². The van der Waals surface area contributed by atoms with Crippen molar-refractivity contribution in [2.45, 2.75) is 120 Å². The number of carbonyl (C=O) groups is 1. The molecule has 0 fully saturated rings. The summed E-state index contributed by atoms with van der Waals surface area (Å²) in [5.74, 6) is 0. The van der Waals surface area contributed by atoms with Crippen molar-refractivity contribution < 1.29 is 34.9 Å². The number of carbonyl (C=O) groups excluding carboxylic acids is 1. The van der Waals surface area contributed by atoms with Crippen LogP contribution in [0.1, 0.15) is 84.0 Å². The number of aldehydes is 1. The van der Waals surface area contributed by atoms with Gasteiger partial charge in [-0.15, -0.1) is 0 Å². The van der Waals surface area contributed by atoms with Crippen LogP contribution in [0.2, 0.25) is 0 Å². The molecule has 0 radical (unpaired) electrons. The van der Waals surface area contributed by atoms with E-state index in [1.165, 1.54) is 0 Å². The van der Waals surface area contributed by atoms with Crippen LogP contribution >= 0.6 is 0 Å². The standard InChI is InChI=1S/C20H37N3O10/c1-2-3-4-5-6-7-10-15(21(28)29)19(26)14-17(23(32)33)20(27)13-16(22(30)31)18(25)11-8-9-12-24/h12,15-20,25-27H,2-11,13-14H2,1H3. The van der Waals surface area contributed by atoms with Gasteiger partial charge in [0.2, 0.25) is 18.1 Å². The maximum atomic E-state index is 11.5. The number of hydrogen-bond acceptors (Lipinski definition) is 10. The zero-order valence-electron chi connectivity index (χ0n) is 19.1. The largest absolute Gasteiger partial charge is 0.386 e. The lowest BCUT2D eigenvalue weighted by Crippen LogP contribution is -2.46. The molecular formula is C20H37N3O10. The Hall–Kier alpha value is -2.25. The molecule has 0 aromatic rings. The number of rotatable bonds is 21. The van der Waals surface area contributed by atoms with E-state index in [1.807, 2.05) is 0 Å². The van der Waals surface area contributed by atoms with Gasteiger partial charge in [0.25, 0.3) is 0 Å². The molecular weight excluding hydrogens is 442 g/mol. The summed E-state index contributed by atoms with van der Waals surface area (Å²) in [5, 5.41) is 64.7. The molecule has 0 amide bonds. The summed E-state index contributed by atoms with van der Waals surface area (Å²) >= 11 is 0. The Bertz CT molecular complexity index is 607. The van der Waals surface area contributed by atoms with Crippen LogP contribution in [0.15, 0.2) is 0 Å². The third-order valence-corrected chi connectivity index (χ3v) is 5.79. The Morgan fingerprint density at radius 1 is 0.667 bits per heavy atom. The van der Waals surface area contributed by atoms with Crippen molar-refractivity contribution in [1.82, 2.24) is 0 Å². The van der Waals surface area contributed by atoms with Gasteiger partial charge in [0.05, 0.1) is 12.8 Å². The van der Waals surface area contributed by atoms with Crippen LogP contribution in [0.5, 0.6) is 0 Å². The maximum Gasteiger partial charge on any atom is 0.241 e. The highest BCUT2D eigenvalue weighted by Crippen LogP contribution is 2.21. The van der Waals surface area contributed by atoms with E-state index in [1.54, 1.807) is 0 Å². The van der Waals surface area contributed by atoms with Gasteiger partial charge in [-0.1, -0.05) is 39.0 Å². The number of hydrogen-bond donors (Lipinski definition) is 3. The number of nitrogens with zero attached hydrogens (tertiary/aromatic N) is 3. The minimum absolute atomic E-state index is 0.0216. The highest BCUT2D eigenvalue weighted by atomic mass is 16.6. The van der Waals surface area contributed by atoms with E-state index < -0.39 is 64.0 Å². The first-order valence-electron chi connectivity index (χ1n) is 11.4. The molecule has 3 N–H and O–H groups in total. The van der Waals surface area contributed by atoms with Gasteiger partial charge < -0.3 is 20.1 Å². The number of aliphatic hydroxyl groups excluding tert-OH is 3. The minimum Gasteiger partial charge on any atom is -0.386 e. The summed E-state index contributed by atoms with van der Waals surface area (Å²) in [7, 11) is 0. The first-order chi connectivity index (χ1) is 15.6. The summed E-state index contributed by atoms with van der Waals surface area (Å²) in [4.78, 5) is 42.0. The van der Waals surface area contributed by atoms with E-state index in [0.29, 0.717) is 12.7 Å². The van der Waals surface area contributed by atoms with Crippen molar-refractivity contribution in [2.75, 3.05) is 0 Å². The molecule has 13 nitrogen and oxygen atoms in total. The molecule has 0 aliphatic rings. The van der Waals surface area contributed by atoms with Gasteiger partial charge in [-0.25, -0.2) is 0 Å². The van der Waals surface area contributed by atoms with Crippen molar-refractivity contribution in [1.29, 1.82) is 0 Å². The highest BCUT2D eigenvalue weighted by Gasteiger charge is 2.42. The molecule has 6 atom stereocenters. The lowest BCUT2D eigenvalue weighted by molar-refractivity contribution is -0.562. The van der Waals surface area contributed by atoms with E-state index in [0.717, 1.165) is 32.1 Å². The molecule has 192 valence electrons. The first-order valence-corrected chi connectivity index (χ1v) is 11.4. The molecule has 0 aliphatic carbocycles. The minimum atomic E-state index is -1.91. The molecule has 0 rings (SSSR count). The third-order valence-electron chi connectivity index (χ3n) is 5.79. The van der Waals surface area contributed by atoms with E-state index in [9.17, 15) is 50.5 Å². The van der Waals surface area contributed by atoms with E-state index in [2.05, 4.69) is 6.92 Å². The fourth-order valence-corrected chi connectivity index (χ4v) is 3.75. The monoisotopic (exact) mass is 479 g/mol. The summed E-state index contributed by atoms with van der Waals surface area (Å²) in [6.07, 6.45) is -0.741. The van der Waals surface area contributed by atoms with Crippen LogP contribution < -0.4 is 0 Å². The smallest absolute Gasteiger partial charge is 0.241 e. The van der Waals surface area contributed by atoms with Gasteiger partial charge in [-0.3, -0.25) is 30.3 Å². The highest BCUT2D eigenvalue weighted by molar-refractivity contribution is 5.48. The van der Waals surface area contributed by atoms with Crippen molar-refractivity contribution in [3.63, 3.8) is 0 Å². The number of unbranched alkanes of at least 4 members (excludes halogenated alkanes) is 6. The Balaban J connectivity index is 5.06. The zero-order chi connectivity index (χ0) is 25.4. The van der Waals surface area contributed by atoms with Crippen LogP contribution in [0.3, 0.4) is 0 Å². The van der Waals surface area contributed by atoms with E-state index in [-0.39, 0.29) is 25.7 Å². The molecule has 0 aliphatic heterocycles. The van der Waals surface area contributed by atoms with E-state index >= 15 is 0 Å². The Morgan fingerprint density at radius 2 is 1.12 bits per heavy atom. The second-order valence-electron chi connectivity index (χ2n) is 8.39. The lowest BCUT2D eigenvalue weighted by Gasteiger charge is -2.23. The van der Waals surface area contributed by atoms with Crippen LogP contribution in [-0.4, -0.2) is 72.8 Å². The third kappa shape index (κ3) is 12.5. The van der Waals surface area contributed by atoms with Crippen molar-refractivity contribution >= 4 is 6.29 Å². The molecule has 0 heterocycles. The Kier molecular flexibility index (Phi) is 16.1. The molecule has 0 spiro atoms. The van der Waals surface area contributed by atoms with Gasteiger partial charge in [0.15, 0.2) is 0 Å². The first kappa shape index (κ1) is 30.8. The quantitative estimate of drug-likeness (QED) is 0.0942. The SMILES string of the molecule is CCCCCCCCC(C(O)CC(C(O)CC(C(O)CCCC=O)[N+](=O)[O-])[N+](=O)[O-])[N+](=O)[O-]. The van der Waals surface area contributed by atoms with Crippen molar-refractivity contribution in [3.8, 4) is 0 Å².